The Morgan fingerprint density at radius 3 is 2.47 bits per heavy atom. The highest BCUT2D eigenvalue weighted by molar-refractivity contribution is 9.10. The molecule has 1 amide bonds. The number of hydrogen-bond acceptors (Lipinski definition) is 3. The van der Waals surface area contributed by atoms with Crippen molar-refractivity contribution < 1.29 is 4.79 Å². The van der Waals surface area contributed by atoms with E-state index in [0.717, 1.165) is 4.47 Å². The molecule has 6 heteroatoms. The van der Waals surface area contributed by atoms with E-state index in [-0.39, 0.29) is 11.1 Å². The van der Waals surface area contributed by atoms with Crippen LogP contribution in [0.5, 0.6) is 0 Å². The second kappa shape index (κ2) is 5.25. The fourth-order valence-electron chi connectivity index (χ4n) is 1.17. The summed E-state index contributed by atoms with van der Waals surface area (Å²) >= 11 is 8.89. The van der Waals surface area contributed by atoms with E-state index in [1.165, 1.54) is 12.4 Å². The number of anilines is 1. The first kappa shape index (κ1) is 12.0. The Labute approximate surface area is 111 Å². The molecule has 0 atom stereocenters. The highest BCUT2D eigenvalue weighted by atomic mass is 79.9. The largest absolute Gasteiger partial charge is 0.305 e. The summed E-state index contributed by atoms with van der Waals surface area (Å²) in [5.41, 5.74) is 0.546. The molecule has 0 unspecified atom stereocenters. The molecule has 1 aromatic carbocycles. The third kappa shape index (κ3) is 3.25. The van der Waals surface area contributed by atoms with Crippen molar-refractivity contribution in [3.05, 3.63) is 51.8 Å². The van der Waals surface area contributed by atoms with Crippen LogP contribution in [0.3, 0.4) is 0 Å². The average molecular weight is 313 g/mol. The van der Waals surface area contributed by atoms with Crippen molar-refractivity contribution in [3.8, 4) is 0 Å². The fourth-order valence-corrected chi connectivity index (χ4v) is 1.53. The van der Waals surface area contributed by atoms with E-state index in [4.69, 9.17) is 11.6 Å². The summed E-state index contributed by atoms with van der Waals surface area (Å²) in [6.45, 7) is 0. The van der Waals surface area contributed by atoms with Gasteiger partial charge in [-0.2, -0.15) is 0 Å². The maximum Gasteiger partial charge on any atom is 0.256 e. The lowest BCUT2D eigenvalue weighted by Crippen LogP contribution is -2.12. The van der Waals surface area contributed by atoms with E-state index >= 15 is 0 Å². The average Bonchev–Trinajstić information content (AvgIpc) is 2.33. The first-order valence-corrected chi connectivity index (χ1v) is 5.87. The molecule has 0 bridgehead atoms. The van der Waals surface area contributed by atoms with Gasteiger partial charge in [0, 0.05) is 10.0 Å². The van der Waals surface area contributed by atoms with E-state index < -0.39 is 0 Å². The zero-order chi connectivity index (χ0) is 12.3. The lowest BCUT2D eigenvalue weighted by molar-refractivity contribution is 0.102. The molecule has 0 saturated carbocycles. The SMILES string of the molecule is O=C(Nc1cnc(Cl)cn1)c1ccc(Br)cc1. The van der Waals surface area contributed by atoms with Crippen molar-refractivity contribution in [2.75, 3.05) is 5.32 Å². The van der Waals surface area contributed by atoms with Crippen molar-refractivity contribution in [3.63, 3.8) is 0 Å². The number of benzene rings is 1. The van der Waals surface area contributed by atoms with E-state index in [0.29, 0.717) is 11.4 Å². The summed E-state index contributed by atoms with van der Waals surface area (Å²) < 4.78 is 0.917. The molecule has 86 valence electrons. The number of nitrogens with one attached hydrogen (secondary N) is 1. The number of carbonyl (C=O) groups excluding carboxylic acids is 1. The van der Waals surface area contributed by atoms with Crippen LogP contribution in [0.2, 0.25) is 5.15 Å². The van der Waals surface area contributed by atoms with E-state index in [2.05, 4.69) is 31.2 Å². The van der Waals surface area contributed by atoms with Gasteiger partial charge in [0.1, 0.15) is 5.15 Å². The summed E-state index contributed by atoms with van der Waals surface area (Å²) in [5.74, 6) is 0.122. The van der Waals surface area contributed by atoms with Crippen LogP contribution in [0, 0.1) is 0 Å². The van der Waals surface area contributed by atoms with Crippen LogP contribution in [0.4, 0.5) is 5.82 Å². The fraction of sp³-hybridized carbons (Fsp3) is 0. The van der Waals surface area contributed by atoms with Crippen molar-refractivity contribution in [1.82, 2.24) is 9.97 Å². The summed E-state index contributed by atoms with van der Waals surface area (Å²) in [6, 6.07) is 7.01. The maximum absolute atomic E-state index is 11.8. The molecule has 17 heavy (non-hydrogen) atoms. The van der Waals surface area contributed by atoms with Crippen LogP contribution in [0.15, 0.2) is 41.1 Å². The highest BCUT2D eigenvalue weighted by Gasteiger charge is 2.06. The first-order valence-electron chi connectivity index (χ1n) is 4.69. The van der Waals surface area contributed by atoms with E-state index in [9.17, 15) is 4.79 Å². The predicted molar refractivity (Wildman–Crippen MR) is 69.1 cm³/mol. The standard InChI is InChI=1S/C11H7BrClN3O/c12-8-3-1-7(2-4-8)11(17)16-10-6-14-9(13)5-15-10/h1-6H,(H,15,16,17). The quantitative estimate of drug-likeness (QED) is 0.927. The Balaban J connectivity index is 2.11. The van der Waals surface area contributed by atoms with Gasteiger partial charge in [-0.3, -0.25) is 4.79 Å². The van der Waals surface area contributed by atoms with Crippen LogP contribution in [-0.2, 0) is 0 Å². The second-order valence-corrected chi connectivity index (χ2v) is 4.49. The summed E-state index contributed by atoms with van der Waals surface area (Å²) in [6.07, 6.45) is 2.78. The third-order valence-corrected chi connectivity index (χ3v) is 2.69. The van der Waals surface area contributed by atoms with Crippen molar-refractivity contribution in [1.29, 1.82) is 0 Å². The second-order valence-electron chi connectivity index (χ2n) is 3.19. The molecular weight excluding hydrogens is 305 g/mol. The molecule has 1 heterocycles. The minimum Gasteiger partial charge on any atom is -0.305 e. The topological polar surface area (TPSA) is 54.9 Å². The Hall–Kier alpha value is -1.46. The highest BCUT2D eigenvalue weighted by Crippen LogP contribution is 2.12. The van der Waals surface area contributed by atoms with Crippen LogP contribution in [-0.4, -0.2) is 15.9 Å². The van der Waals surface area contributed by atoms with E-state index in [1.54, 1.807) is 24.3 Å². The molecule has 0 spiro atoms. The normalized spacial score (nSPS) is 10.0. The van der Waals surface area contributed by atoms with Crippen LogP contribution in [0.1, 0.15) is 10.4 Å². The summed E-state index contributed by atoms with van der Waals surface area (Å²) in [4.78, 5) is 19.5. The number of hydrogen-bond donors (Lipinski definition) is 1. The van der Waals surface area contributed by atoms with Gasteiger partial charge in [-0.05, 0) is 24.3 Å². The Kier molecular flexibility index (Phi) is 3.71. The van der Waals surface area contributed by atoms with Gasteiger partial charge in [0.25, 0.3) is 5.91 Å². The molecule has 4 nitrogen and oxygen atoms in total. The molecule has 0 saturated heterocycles. The molecule has 0 aliphatic carbocycles. The number of carbonyl (C=O) groups is 1. The third-order valence-electron chi connectivity index (χ3n) is 1.97. The van der Waals surface area contributed by atoms with Gasteiger partial charge < -0.3 is 5.32 Å². The number of aromatic nitrogens is 2. The molecular formula is C11H7BrClN3O. The van der Waals surface area contributed by atoms with Gasteiger partial charge in [-0.1, -0.05) is 27.5 Å². The molecule has 0 radical (unpaired) electrons. The number of rotatable bonds is 2. The van der Waals surface area contributed by atoms with Gasteiger partial charge in [-0.25, -0.2) is 9.97 Å². The van der Waals surface area contributed by atoms with Crippen LogP contribution < -0.4 is 5.32 Å². The Bertz CT molecular complexity index is 527. The zero-order valence-corrected chi connectivity index (χ0v) is 10.9. The molecule has 0 aliphatic heterocycles. The van der Waals surface area contributed by atoms with Crippen molar-refractivity contribution >= 4 is 39.3 Å². The van der Waals surface area contributed by atoms with Crippen LogP contribution >= 0.6 is 27.5 Å². The van der Waals surface area contributed by atoms with Gasteiger partial charge in [0.15, 0.2) is 5.82 Å². The van der Waals surface area contributed by atoms with Crippen molar-refractivity contribution in [2.24, 2.45) is 0 Å². The monoisotopic (exact) mass is 311 g/mol. The summed E-state index contributed by atoms with van der Waals surface area (Å²) in [7, 11) is 0. The zero-order valence-electron chi connectivity index (χ0n) is 8.52. The number of amides is 1. The molecule has 1 N–H and O–H groups in total. The summed E-state index contributed by atoms with van der Waals surface area (Å²) in [5, 5.41) is 2.90. The number of halogens is 2. The van der Waals surface area contributed by atoms with Gasteiger partial charge in [-0.15, -0.1) is 0 Å². The molecule has 0 aliphatic rings. The van der Waals surface area contributed by atoms with Gasteiger partial charge >= 0.3 is 0 Å². The molecule has 2 rings (SSSR count). The minimum atomic E-state index is -0.242. The first-order chi connectivity index (χ1) is 8.15. The lowest BCUT2D eigenvalue weighted by Gasteiger charge is -2.03. The molecule has 1 aromatic heterocycles. The molecule has 2 aromatic rings. The van der Waals surface area contributed by atoms with Crippen LogP contribution in [0.25, 0.3) is 0 Å². The number of nitrogens with zero attached hydrogens (tertiary/aromatic N) is 2. The van der Waals surface area contributed by atoms with Gasteiger partial charge in [0.05, 0.1) is 12.4 Å². The predicted octanol–water partition coefficient (Wildman–Crippen LogP) is 3.14. The van der Waals surface area contributed by atoms with Gasteiger partial charge in [0.2, 0.25) is 0 Å². The minimum absolute atomic E-state index is 0.242. The molecule has 0 fully saturated rings. The smallest absolute Gasteiger partial charge is 0.256 e. The Morgan fingerprint density at radius 2 is 1.88 bits per heavy atom. The Morgan fingerprint density at radius 1 is 1.18 bits per heavy atom. The van der Waals surface area contributed by atoms with E-state index in [1.807, 2.05) is 0 Å². The lowest BCUT2D eigenvalue weighted by atomic mass is 10.2. The maximum atomic E-state index is 11.8. The van der Waals surface area contributed by atoms with Crippen molar-refractivity contribution in [2.45, 2.75) is 0 Å².